The second-order valence-corrected chi connectivity index (χ2v) is 3.68. The largest absolute Gasteiger partial charge is 0.479 e. The number of aliphatic imine (C=N–C) groups is 1. The van der Waals surface area contributed by atoms with Gasteiger partial charge in [-0.15, -0.1) is 0 Å². The van der Waals surface area contributed by atoms with Crippen LogP contribution in [0.5, 0.6) is 0 Å². The molecule has 0 aromatic rings. The van der Waals surface area contributed by atoms with Crippen LogP contribution in [-0.4, -0.2) is 40.9 Å². The Labute approximate surface area is 93.1 Å². The zero-order valence-electron chi connectivity index (χ0n) is 8.48. The fourth-order valence-corrected chi connectivity index (χ4v) is 1.53. The molecule has 0 aliphatic rings. The summed E-state index contributed by atoms with van der Waals surface area (Å²) in [6, 6.07) is -0.771. The van der Waals surface area contributed by atoms with Gasteiger partial charge >= 0.3 is 5.97 Å². The van der Waals surface area contributed by atoms with Gasteiger partial charge in [0.25, 0.3) is 0 Å². The van der Waals surface area contributed by atoms with E-state index in [9.17, 15) is 9.18 Å². The van der Waals surface area contributed by atoms with E-state index in [0.29, 0.717) is 0 Å². The van der Waals surface area contributed by atoms with E-state index < -0.39 is 24.2 Å². The summed E-state index contributed by atoms with van der Waals surface area (Å²) in [4.78, 5) is 14.8. The van der Waals surface area contributed by atoms with Crippen molar-refractivity contribution in [1.82, 2.24) is 0 Å². The lowest BCUT2D eigenvalue weighted by molar-refractivity contribution is -0.143. The van der Waals surface area contributed by atoms with E-state index >= 15 is 0 Å². The van der Waals surface area contributed by atoms with Crippen molar-refractivity contribution in [2.45, 2.75) is 24.9 Å². The molecule has 0 heterocycles. The molecule has 0 aromatic heterocycles. The number of carbonyl (C=O) groups is 1. The number of nitrogens with two attached hydrogens (primary N) is 2. The number of aliphatic carboxylic acids is 1. The van der Waals surface area contributed by atoms with E-state index in [1.165, 1.54) is 6.92 Å². The number of carboxylic acids is 1. The number of carboxylic acid groups (broad SMARTS) is 1. The molecule has 0 radical (unpaired) electrons. The molecule has 0 aliphatic carbocycles. The molecule has 0 saturated carbocycles. The first-order chi connectivity index (χ1) is 6.90. The number of hydrogen-bond acceptors (Lipinski definition) is 4. The maximum absolute atomic E-state index is 12.2. The van der Waals surface area contributed by atoms with Gasteiger partial charge in [0, 0.05) is 6.04 Å². The van der Waals surface area contributed by atoms with Crippen LogP contribution >= 0.6 is 12.6 Å². The van der Waals surface area contributed by atoms with Gasteiger partial charge in [-0.1, -0.05) is 0 Å². The molecule has 0 bridgehead atoms. The van der Waals surface area contributed by atoms with Crippen molar-refractivity contribution in [1.29, 1.82) is 0 Å². The lowest BCUT2D eigenvalue weighted by Crippen LogP contribution is -2.52. The number of nitrogens with zero attached hydrogens (tertiary/aromatic N) is 1. The highest BCUT2D eigenvalue weighted by Crippen LogP contribution is 2.21. The van der Waals surface area contributed by atoms with Crippen LogP contribution in [0, 0.1) is 0 Å². The van der Waals surface area contributed by atoms with Crippen LogP contribution in [0.4, 0.5) is 4.39 Å². The van der Waals surface area contributed by atoms with E-state index in [0.717, 1.165) is 0 Å². The van der Waals surface area contributed by atoms with Gasteiger partial charge in [0.1, 0.15) is 12.5 Å². The Hall–Kier alpha value is -0.820. The van der Waals surface area contributed by atoms with Gasteiger partial charge in [-0.3, -0.25) is 0 Å². The Kier molecular flexibility index (Phi) is 5.59. The minimum atomic E-state index is -1.59. The summed E-state index contributed by atoms with van der Waals surface area (Å²) in [5.41, 5.74) is 9.17. The zero-order chi connectivity index (χ0) is 12.1. The van der Waals surface area contributed by atoms with Gasteiger partial charge in [-0.2, -0.15) is 12.6 Å². The average molecular weight is 237 g/mol. The molecule has 5 nitrogen and oxygen atoms in total. The standard InChI is InChI=1S/C8H16FN3O2S/c1-5(10)8(2-3-15,7(13)14)12-6(11)4-9/h5,15H,2-4,10H2,1H3,(H2,11,12)(H,13,14)/t5?,8-/m1/s1. The molecule has 5 N–H and O–H groups in total. The van der Waals surface area contributed by atoms with E-state index in [1.54, 1.807) is 0 Å². The van der Waals surface area contributed by atoms with Crippen LogP contribution in [-0.2, 0) is 4.79 Å². The molecule has 1 unspecified atom stereocenters. The topological polar surface area (TPSA) is 102 Å². The van der Waals surface area contributed by atoms with E-state index in [-0.39, 0.29) is 18.0 Å². The van der Waals surface area contributed by atoms with Gasteiger partial charge < -0.3 is 16.6 Å². The van der Waals surface area contributed by atoms with Crippen LogP contribution in [0.1, 0.15) is 13.3 Å². The molecule has 2 atom stereocenters. The van der Waals surface area contributed by atoms with Gasteiger partial charge in [0.15, 0.2) is 5.54 Å². The first kappa shape index (κ1) is 14.2. The van der Waals surface area contributed by atoms with Crippen molar-refractivity contribution in [3.05, 3.63) is 0 Å². The van der Waals surface area contributed by atoms with Crippen LogP contribution in [0.3, 0.4) is 0 Å². The fraction of sp³-hybridized carbons (Fsp3) is 0.750. The Balaban J connectivity index is 5.22. The highest BCUT2D eigenvalue weighted by atomic mass is 32.1. The molecule has 0 saturated heterocycles. The summed E-state index contributed by atoms with van der Waals surface area (Å²) in [7, 11) is 0. The predicted molar refractivity (Wildman–Crippen MR) is 60.1 cm³/mol. The second kappa shape index (κ2) is 5.92. The summed E-state index contributed by atoms with van der Waals surface area (Å²) in [5.74, 6) is -1.31. The Morgan fingerprint density at radius 2 is 2.27 bits per heavy atom. The third kappa shape index (κ3) is 3.35. The molecule has 0 rings (SSSR count). The van der Waals surface area contributed by atoms with E-state index in [2.05, 4.69) is 17.6 Å². The SMILES string of the molecule is CC(N)[C@@](CCS)(N=C(N)CF)C(=O)O. The van der Waals surface area contributed by atoms with E-state index in [4.69, 9.17) is 16.6 Å². The molecule has 0 spiro atoms. The number of alkyl halides is 1. The number of halogens is 1. The molecular formula is C8H16FN3O2S. The summed E-state index contributed by atoms with van der Waals surface area (Å²) in [5, 5.41) is 9.07. The first-order valence-electron chi connectivity index (χ1n) is 4.40. The fourth-order valence-electron chi connectivity index (χ4n) is 1.19. The number of rotatable bonds is 6. The molecule has 0 amide bonds. The molecule has 0 aliphatic heterocycles. The minimum absolute atomic E-state index is 0.101. The van der Waals surface area contributed by atoms with Crippen molar-refractivity contribution < 1.29 is 14.3 Å². The summed E-state index contributed by atoms with van der Waals surface area (Å²) in [6.07, 6.45) is 0.101. The Bertz CT molecular complexity index is 260. The maximum Gasteiger partial charge on any atom is 0.333 e. The van der Waals surface area contributed by atoms with Crippen LogP contribution in [0.25, 0.3) is 0 Å². The highest BCUT2D eigenvalue weighted by molar-refractivity contribution is 7.80. The third-order valence-corrected chi connectivity index (χ3v) is 2.32. The molecule has 0 fully saturated rings. The average Bonchev–Trinajstić information content (AvgIpc) is 2.15. The minimum Gasteiger partial charge on any atom is -0.479 e. The quantitative estimate of drug-likeness (QED) is 0.292. The van der Waals surface area contributed by atoms with Crippen LogP contribution < -0.4 is 11.5 Å². The Morgan fingerprint density at radius 1 is 1.73 bits per heavy atom. The van der Waals surface area contributed by atoms with Crippen molar-refractivity contribution >= 4 is 24.4 Å². The van der Waals surface area contributed by atoms with Gasteiger partial charge in [-0.25, -0.2) is 14.2 Å². The predicted octanol–water partition coefficient (Wildman–Crippen LogP) is -0.196. The molecule has 0 aromatic carbocycles. The number of amidine groups is 1. The summed E-state index contributed by atoms with van der Waals surface area (Å²) >= 11 is 3.93. The van der Waals surface area contributed by atoms with Crippen molar-refractivity contribution in [3.63, 3.8) is 0 Å². The zero-order valence-corrected chi connectivity index (χ0v) is 9.38. The maximum atomic E-state index is 12.2. The lowest BCUT2D eigenvalue weighted by atomic mass is 9.89. The molecular weight excluding hydrogens is 221 g/mol. The molecule has 15 heavy (non-hydrogen) atoms. The van der Waals surface area contributed by atoms with Crippen molar-refractivity contribution in [2.24, 2.45) is 16.5 Å². The first-order valence-corrected chi connectivity index (χ1v) is 5.04. The molecule has 88 valence electrons. The highest BCUT2D eigenvalue weighted by Gasteiger charge is 2.41. The van der Waals surface area contributed by atoms with Gasteiger partial charge in [0.05, 0.1) is 0 Å². The third-order valence-electron chi connectivity index (χ3n) is 2.10. The molecule has 7 heteroatoms. The number of hydrogen-bond donors (Lipinski definition) is 4. The number of thiol groups is 1. The smallest absolute Gasteiger partial charge is 0.333 e. The second-order valence-electron chi connectivity index (χ2n) is 3.23. The van der Waals surface area contributed by atoms with Crippen molar-refractivity contribution in [2.75, 3.05) is 12.4 Å². The van der Waals surface area contributed by atoms with E-state index in [1.807, 2.05) is 0 Å². The monoisotopic (exact) mass is 237 g/mol. The van der Waals surface area contributed by atoms with Gasteiger partial charge in [-0.05, 0) is 19.1 Å². The Morgan fingerprint density at radius 3 is 2.53 bits per heavy atom. The summed E-state index contributed by atoms with van der Waals surface area (Å²) in [6.45, 7) is 0.501. The van der Waals surface area contributed by atoms with Gasteiger partial charge in [0.2, 0.25) is 0 Å². The van der Waals surface area contributed by atoms with Crippen LogP contribution in [0.2, 0.25) is 0 Å². The summed E-state index contributed by atoms with van der Waals surface area (Å²) < 4.78 is 12.2. The van der Waals surface area contributed by atoms with Crippen LogP contribution in [0.15, 0.2) is 4.99 Å². The lowest BCUT2D eigenvalue weighted by Gasteiger charge is -2.28. The normalized spacial score (nSPS) is 18.3. The van der Waals surface area contributed by atoms with Crippen molar-refractivity contribution in [3.8, 4) is 0 Å².